The molecule has 0 unspecified atom stereocenters. The molecule has 1 atom stereocenters. The maximum Gasteiger partial charge on any atom is 0.408 e. The third-order valence-corrected chi connectivity index (χ3v) is 5.98. The molecule has 0 saturated heterocycles. The average molecular weight is 512 g/mol. The van der Waals surface area contributed by atoms with E-state index in [-0.39, 0.29) is 6.42 Å². The fourth-order valence-corrected chi connectivity index (χ4v) is 4.41. The topological polar surface area (TPSA) is 92.3 Å². The van der Waals surface area contributed by atoms with Crippen LogP contribution in [0.2, 0.25) is 0 Å². The minimum Gasteiger partial charge on any atom is -0.496 e. The first kappa shape index (κ1) is 28.1. The molecule has 0 radical (unpaired) electrons. The summed E-state index contributed by atoms with van der Waals surface area (Å²) < 4.78 is 27.4. The van der Waals surface area contributed by atoms with Crippen molar-refractivity contribution in [2.75, 3.05) is 27.9 Å². The van der Waals surface area contributed by atoms with Crippen molar-refractivity contribution in [1.29, 1.82) is 0 Å². The van der Waals surface area contributed by atoms with Crippen LogP contribution in [0, 0.1) is 0 Å². The largest absolute Gasteiger partial charge is 0.496 e. The fourth-order valence-electron chi connectivity index (χ4n) is 4.41. The molecule has 8 nitrogen and oxygen atoms in total. The molecule has 0 aliphatic heterocycles. The second-order valence-electron chi connectivity index (χ2n) is 9.70. The molecule has 0 bridgehead atoms. The van der Waals surface area contributed by atoms with Gasteiger partial charge in [-0.1, -0.05) is 24.3 Å². The van der Waals surface area contributed by atoms with E-state index < -0.39 is 23.7 Å². The fraction of sp³-hybridized carbons (Fsp3) is 0.448. The first-order chi connectivity index (χ1) is 17.6. The van der Waals surface area contributed by atoms with E-state index in [1.807, 2.05) is 37.3 Å². The van der Waals surface area contributed by atoms with Gasteiger partial charge >= 0.3 is 12.1 Å². The number of benzene rings is 2. The molecule has 8 heteroatoms. The highest BCUT2D eigenvalue weighted by Crippen LogP contribution is 2.44. The van der Waals surface area contributed by atoms with Crippen molar-refractivity contribution in [2.24, 2.45) is 0 Å². The number of amides is 1. The second-order valence-corrected chi connectivity index (χ2v) is 9.70. The van der Waals surface area contributed by atoms with Gasteiger partial charge in [0, 0.05) is 13.0 Å². The van der Waals surface area contributed by atoms with Crippen LogP contribution in [0.3, 0.4) is 0 Å². The van der Waals surface area contributed by atoms with Gasteiger partial charge in [0.05, 0.1) is 33.5 Å². The van der Waals surface area contributed by atoms with Crippen LogP contribution in [0.15, 0.2) is 36.4 Å². The molecule has 3 rings (SSSR count). The number of hydrogen-bond donors (Lipinski definition) is 1. The van der Waals surface area contributed by atoms with Crippen molar-refractivity contribution in [3.8, 4) is 11.5 Å². The van der Waals surface area contributed by atoms with E-state index >= 15 is 0 Å². The average Bonchev–Trinajstić information content (AvgIpc) is 3.29. The van der Waals surface area contributed by atoms with Gasteiger partial charge in [-0.05, 0) is 74.1 Å². The lowest BCUT2D eigenvalue weighted by Crippen LogP contribution is -2.45. The molecule has 200 valence electrons. The maximum absolute atomic E-state index is 12.5. The van der Waals surface area contributed by atoms with E-state index in [0.29, 0.717) is 31.1 Å². The van der Waals surface area contributed by atoms with Crippen molar-refractivity contribution in [1.82, 2.24) is 5.32 Å². The third kappa shape index (κ3) is 6.83. The molecular weight excluding hydrogens is 474 g/mol. The van der Waals surface area contributed by atoms with Crippen molar-refractivity contribution in [3.05, 3.63) is 64.2 Å². The standard InChI is InChI=1S/C29H37NO7/c1-8-36-17-18-14-24(33-5)26(25(15-18)34-6)22-13-12-20-19(10-9-11-21(20)22)16-23(27(31)35-7)30-28(32)37-29(2,3)4/h9-11,13-15,23H,8,12,16-17H2,1-7H3,(H,30,32)/t23-/m0/s1. The van der Waals surface area contributed by atoms with Gasteiger partial charge in [-0.2, -0.15) is 0 Å². The van der Waals surface area contributed by atoms with Gasteiger partial charge in [0.1, 0.15) is 23.1 Å². The lowest BCUT2D eigenvalue weighted by atomic mass is 9.92. The molecule has 0 heterocycles. The van der Waals surface area contributed by atoms with Crippen molar-refractivity contribution in [2.45, 2.75) is 58.8 Å². The quantitative estimate of drug-likeness (QED) is 0.457. The van der Waals surface area contributed by atoms with E-state index in [0.717, 1.165) is 33.4 Å². The van der Waals surface area contributed by atoms with Crippen LogP contribution in [0.1, 0.15) is 55.5 Å². The van der Waals surface area contributed by atoms with Crippen LogP contribution in [-0.2, 0) is 38.5 Å². The molecule has 1 amide bonds. The SMILES string of the molecule is CCOCc1cc(OC)c(C2=CCc3c(C[C@H](NC(=O)OC(C)(C)C)C(=O)OC)cccc32)c(OC)c1. The lowest BCUT2D eigenvalue weighted by molar-refractivity contribution is -0.143. The van der Waals surface area contributed by atoms with Gasteiger partial charge in [-0.3, -0.25) is 0 Å². The summed E-state index contributed by atoms with van der Waals surface area (Å²) in [6, 6.07) is 8.98. The summed E-state index contributed by atoms with van der Waals surface area (Å²) >= 11 is 0. The van der Waals surface area contributed by atoms with Gasteiger partial charge in [0.25, 0.3) is 0 Å². The summed E-state index contributed by atoms with van der Waals surface area (Å²) in [5, 5.41) is 2.66. The van der Waals surface area contributed by atoms with Gasteiger partial charge in [-0.15, -0.1) is 0 Å². The molecule has 1 aliphatic carbocycles. The van der Waals surface area contributed by atoms with Gasteiger partial charge in [-0.25, -0.2) is 9.59 Å². The Bertz CT molecular complexity index is 1140. The highest BCUT2D eigenvalue weighted by Gasteiger charge is 2.29. The number of esters is 1. The minimum atomic E-state index is -0.891. The number of allylic oxidation sites excluding steroid dienone is 1. The third-order valence-electron chi connectivity index (χ3n) is 5.98. The Morgan fingerprint density at radius 1 is 1.05 bits per heavy atom. The molecule has 37 heavy (non-hydrogen) atoms. The summed E-state index contributed by atoms with van der Waals surface area (Å²) in [6.07, 6.45) is 2.38. The number of methoxy groups -OCH3 is 3. The smallest absolute Gasteiger partial charge is 0.408 e. The van der Waals surface area contributed by atoms with Gasteiger partial charge in [0.15, 0.2) is 0 Å². The minimum absolute atomic E-state index is 0.262. The van der Waals surface area contributed by atoms with Crippen LogP contribution in [0.4, 0.5) is 4.79 Å². The molecular formula is C29H37NO7. The number of ether oxygens (including phenoxy) is 5. The van der Waals surface area contributed by atoms with Crippen molar-refractivity contribution < 1.29 is 33.3 Å². The summed E-state index contributed by atoms with van der Waals surface area (Å²) in [4.78, 5) is 24.9. The molecule has 0 aromatic heterocycles. The number of carbonyl (C=O) groups is 2. The molecule has 1 N–H and O–H groups in total. The van der Waals surface area contributed by atoms with Crippen LogP contribution < -0.4 is 14.8 Å². The normalized spacial score (nSPS) is 13.3. The first-order valence-electron chi connectivity index (χ1n) is 12.3. The van der Waals surface area contributed by atoms with Gasteiger partial charge in [0.2, 0.25) is 0 Å². The Morgan fingerprint density at radius 3 is 2.30 bits per heavy atom. The molecule has 0 spiro atoms. The maximum atomic E-state index is 12.5. The van der Waals surface area contributed by atoms with E-state index in [9.17, 15) is 9.59 Å². The van der Waals surface area contributed by atoms with E-state index in [1.165, 1.54) is 7.11 Å². The molecule has 1 aliphatic rings. The molecule has 2 aromatic rings. The predicted molar refractivity (Wildman–Crippen MR) is 141 cm³/mol. The first-order valence-corrected chi connectivity index (χ1v) is 12.3. The number of nitrogens with one attached hydrogen (secondary N) is 1. The Balaban J connectivity index is 1.94. The van der Waals surface area contributed by atoms with E-state index in [2.05, 4.69) is 11.4 Å². The number of alkyl carbamates (subject to hydrolysis) is 1. The number of rotatable bonds is 10. The van der Waals surface area contributed by atoms with Crippen LogP contribution in [-0.4, -0.2) is 51.6 Å². The van der Waals surface area contributed by atoms with E-state index in [4.69, 9.17) is 23.7 Å². The lowest BCUT2D eigenvalue weighted by Gasteiger charge is -2.23. The zero-order valence-corrected chi connectivity index (χ0v) is 22.7. The highest BCUT2D eigenvalue weighted by molar-refractivity contribution is 5.90. The Morgan fingerprint density at radius 2 is 1.73 bits per heavy atom. The Kier molecular flexibility index (Phi) is 9.21. The zero-order chi connectivity index (χ0) is 27.2. The van der Waals surface area contributed by atoms with E-state index in [1.54, 1.807) is 35.0 Å². The monoisotopic (exact) mass is 511 g/mol. The Labute approximate surface area is 218 Å². The molecule has 0 fully saturated rings. The number of carbonyl (C=O) groups excluding carboxylic acids is 2. The molecule has 2 aromatic carbocycles. The van der Waals surface area contributed by atoms with Crippen molar-refractivity contribution >= 4 is 17.6 Å². The van der Waals surface area contributed by atoms with Crippen LogP contribution in [0.5, 0.6) is 11.5 Å². The summed E-state index contributed by atoms with van der Waals surface area (Å²) in [7, 11) is 4.58. The Hall–Kier alpha value is -3.52. The number of fused-ring (bicyclic) bond motifs is 1. The predicted octanol–water partition coefficient (Wildman–Crippen LogP) is 4.84. The number of hydrogen-bond acceptors (Lipinski definition) is 7. The summed E-state index contributed by atoms with van der Waals surface area (Å²) in [6.45, 7) is 8.33. The van der Waals surface area contributed by atoms with Crippen LogP contribution >= 0.6 is 0 Å². The second kappa shape index (κ2) is 12.1. The molecule has 0 saturated carbocycles. The zero-order valence-electron chi connectivity index (χ0n) is 22.7. The van der Waals surface area contributed by atoms with Crippen LogP contribution in [0.25, 0.3) is 5.57 Å². The van der Waals surface area contributed by atoms with Gasteiger partial charge < -0.3 is 29.0 Å². The summed E-state index contributed by atoms with van der Waals surface area (Å²) in [5.41, 5.74) is 5.14. The van der Waals surface area contributed by atoms with Crippen molar-refractivity contribution in [3.63, 3.8) is 0 Å². The highest BCUT2D eigenvalue weighted by atomic mass is 16.6. The summed E-state index contributed by atoms with van der Waals surface area (Å²) in [5.74, 6) is 0.845.